The quantitative estimate of drug-likeness (QED) is 0.419. The van der Waals surface area contributed by atoms with Crippen LogP contribution in [0.15, 0.2) is 59.6 Å². The van der Waals surface area contributed by atoms with Crippen LogP contribution in [0.2, 0.25) is 0 Å². The average Bonchev–Trinajstić information content (AvgIpc) is 3.16. The lowest BCUT2D eigenvalue weighted by molar-refractivity contribution is -0.141. The van der Waals surface area contributed by atoms with Crippen LogP contribution in [0.4, 0.5) is 34.8 Å². The molecule has 0 fully saturated rings. The number of halogens is 4. The number of alkyl halides is 3. The summed E-state index contributed by atoms with van der Waals surface area (Å²) in [5, 5.41) is 0. The Hall–Kier alpha value is -3.62. The number of nitrogens with two attached hydrogens (primary N) is 1. The largest absolute Gasteiger partial charge is 0.460 e. The zero-order valence-corrected chi connectivity index (χ0v) is 16.7. The highest BCUT2D eigenvalue weighted by Crippen LogP contribution is 2.41. The second kappa shape index (κ2) is 7.51. The van der Waals surface area contributed by atoms with E-state index in [1.807, 2.05) is 0 Å². The van der Waals surface area contributed by atoms with Crippen molar-refractivity contribution < 1.29 is 22.3 Å². The maximum atomic E-state index is 13.7. The number of aromatic nitrogens is 1. The molecule has 0 bridgehead atoms. The Labute approximate surface area is 181 Å². The van der Waals surface area contributed by atoms with Crippen molar-refractivity contribution in [2.75, 3.05) is 10.6 Å². The first-order valence-corrected chi connectivity index (χ1v) is 10.0. The van der Waals surface area contributed by atoms with E-state index in [9.17, 15) is 17.6 Å². The molecule has 9 heteroatoms. The van der Waals surface area contributed by atoms with Gasteiger partial charge in [-0.2, -0.15) is 18.2 Å². The Morgan fingerprint density at radius 3 is 2.69 bits per heavy atom. The van der Waals surface area contributed by atoms with Crippen molar-refractivity contribution in [2.24, 2.45) is 4.99 Å². The van der Waals surface area contributed by atoms with E-state index in [1.165, 1.54) is 24.3 Å². The lowest BCUT2D eigenvalue weighted by atomic mass is 10.1. The van der Waals surface area contributed by atoms with Crippen molar-refractivity contribution in [3.8, 4) is 0 Å². The van der Waals surface area contributed by atoms with Crippen LogP contribution in [0.5, 0.6) is 0 Å². The molecule has 0 saturated carbocycles. The molecule has 5 nitrogen and oxygen atoms in total. The SMILES string of the molecule is Nc1ccc2c(c1)COC(N(c1cccc(C(F)(F)F)n1)C1CCc3cc(F)ccc31)=N2. The van der Waals surface area contributed by atoms with Gasteiger partial charge in [-0.3, -0.25) is 4.90 Å². The number of hydrogen-bond donors (Lipinski definition) is 1. The van der Waals surface area contributed by atoms with Crippen molar-refractivity contribution in [2.45, 2.75) is 31.7 Å². The number of benzene rings is 2. The van der Waals surface area contributed by atoms with Crippen LogP contribution in [0.1, 0.15) is 34.8 Å². The smallest absolute Gasteiger partial charge is 0.433 e. The summed E-state index contributed by atoms with van der Waals surface area (Å²) in [6.45, 7) is 0.164. The highest BCUT2D eigenvalue weighted by Gasteiger charge is 2.37. The van der Waals surface area contributed by atoms with Gasteiger partial charge in [-0.25, -0.2) is 9.37 Å². The van der Waals surface area contributed by atoms with Gasteiger partial charge in [0.2, 0.25) is 0 Å². The predicted molar refractivity (Wildman–Crippen MR) is 112 cm³/mol. The van der Waals surface area contributed by atoms with Gasteiger partial charge in [0.05, 0.1) is 11.7 Å². The van der Waals surface area contributed by atoms with Crippen LogP contribution in [0.25, 0.3) is 0 Å². The first kappa shape index (κ1) is 20.3. The molecule has 5 rings (SSSR count). The van der Waals surface area contributed by atoms with Gasteiger partial charge in [-0.05, 0) is 66.4 Å². The van der Waals surface area contributed by atoms with Crippen LogP contribution < -0.4 is 10.6 Å². The van der Waals surface area contributed by atoms with Crippen LogP contribution in [-0.4, -0.2) is 11.0 Å². The molecule has 1 aromatic heterocycles. The summed E-state index contributed by atoms with van der Waals surface area (Å²) in [6.07, 6.45) is -3.47. The molecule has 1 atom stereocenters. The Balaban J connectivity index is 1.64. The monoisotopic (exact) mass is 442 g/mol. The van der Waals surface area contributed by atoms with E-state index in [2.05, 4.69) is 9.98 Å². The molecule has 0 amide bonds. The average molecular weight is 442 g/mol. The van der Waals surface area contributed by atoms with E-state index < -0.39 is 17.9 Å². The molecule has 0 saturated heterocycles. The maximum absolute atomic E-state index is 13.7. The molecular formula is C23H18F4N4O. The van der Waals surface area contributed by atoms with Crippen molar-refractivity contribution in [1.29, 1.82) is 0 Å². The Kier molecular flexibility index (Phi) is 4.76. The number of pyridine rings is 1. The molecule has 2 aromatic carbocycles. The number of ether oxygens (including phenoxy) is 1. The van der Waals surface area contributed by atoms with Gasteiger partial charge in [-0.15, -0.1) is 0 Å². The number of nitrogen functional groups attached to an aromatic ring is 1. The fourth-order valence-corrected chi connectivity index (χ4v) is 4.17. The molecule has 0 radical (unpaired) electrons. The third-order valence-corrected chi connectivity index (χ3v) is 5.62. The van der Waals surface area contributed by atoms with E-state index in [0.29, 0.717) is 24.2 Å². The standard InChI is InChI=1S/C23H18F4N4O/c24-15-5-7-17-13(10-15)4-9-19(17)31(21-3-1-2-20(30-21)23(25,26)27)22-29-18-8-6-16(28)11-14(18)12-32-22/h1-3,5-8,10-11,19H,4,9,12,28H2. The molecular weight excluding hydrogens is 424 g/mol. The van der Waals surface area contributed by atoms with Gasteiger partial charge < -0.3 is 10.5 Å². The molecule has 1 unspecified atom stereocenters. The molecule has 1 aliphatic carbocycles. The molecule has 2 N–H and O–H groups in total. The Bertz CT molecular complexity index is 1220. The molecule has 2 heterocycles. The molecule has 32 heavy (non-hydrogen) atoms. The maximum Gasteiger partial charge on any atom is 0.433 e. The lowest BCUT2D eigenvalue weighted by Crippen LogP contribution is -2.37. The first-order chi connectivity index (χ1) is 15.3. The minimum Gasteiger partial charge on any atom is -0.460 e. The van der Waals surface area contributed by atoms with Crippen molar-refractivity contribution in [1.82, 2.24) is 4.98 Å². The first-order valence-electron chi connectivity index (χ1n) is 10.0. The number of rotatable bonds is 2. The Morgan fingerprint density at radius 2 is 1.88 bits per heavy atom. The number of nitrogens with zero attached hydrogens (tertiary/aromatic N) is 3. The Morgan fingerprint density at radius 1 is 1.03 bits per heavy atom. The van der Waals surface area contributed by atoms with Crippen LogP contribution in [0.3, 0.4) is 0 Å². The third-order valence-electron chi connectivity index (χ3n) is 5.62. The second-order valence-corrected chi connectivity index (χ2v) is 7.72. The van der Waals surface area contributed by atoms with Gasteiger partial charge in [-0.1, -0.05) is 12.1 Å². The highest BCUT2D eigenvalue weighted by molar-refractivity contribution is 5.94. The number of fused-ring (bicyclic) bond motifs is 2. The van der Waals surface area contributed by atoms with Crippen LogP contribution in [0, 0.1) is 5.82 Å². The number of aryl methyl sites for hydroxylation is 1. The lowest BCUT2D eigenvalue weighted by Gasteiger charge is -2.33. The fraction of sp³-hybridized carbons (Fsp3) is 0.217. The van der Waals surface area contributed by atoms with Crippen molar-refractivity contribution in [3.05, 3.63) is 82.8 Å². The summed E-state index contributed by atoms with van der Waals surface area (Å²) in [5.41, 5.74) is 8.39. The van der Waals surface area contributed by atoms with Gasteiger partial charge in [0.1, 0.15) is 23.9 Å². The van der Waals surface area contributed by atoms with Crippen molar-refractivity contribution >= 4 is 23.2 Å². The number of anilines is 2. The molecule has 164 valence electrons. The minimum absolute atomic E-state index is 0.0552. The summed E-state index contributed by atoms with van der Waals surface area (Å²) in [5.74, 6) is -0.300. The van der Waals surface area contributed by atoms with Crippen LogP contribution in [-0.2, 0) is 23.9 Å². The summed E-state index contributed by atoms with van der Waals surface area (Å²) in [6, 6.07) is 13.1. The molecule has 3 aromatic rings. The minimum atomic E-state index is -4.60. The number of amidine groups is 1. The van der Waals surface area contributed by atoms with E-state index >= 15 is 0 Å². The topological polar surface area (TPSA) is 63.7 Å². The number of hydrogen-bond acceptors (Lipinski definition) is 5. The molecule has 2 aliphatic rings. The second-order valence-electron chi connectivity index (χ2n) is 7.72. The van der Waals surface area contributed by atoms with E-state index in [0.717, 1.165) is 22.8 Å². The highest BCUT2D eigenvalue weighted by atomic mass is 19.4. The van der Waals surface area contributed by atoms with Gasteiger partial charge in [0.15, 0.2) is 0 Å². The third kappa shape index (κ3) is 3.63. The summed E-state index contributed by atoms with van der Waals surface area (Å²) in [7, 11) is 0. The van der Waals surface area contributed by atoms with Crippen molar-refractivity contribution in [3.63, 3.8) is 0 Å². The van der Waals surface area contributed by atoms with E-state index in [4.69, 9.17) is 10.5 Å². The van der Waals surface area contributed by atoms with Crippen LogP contribution >= 0.6 is 0 Å². The van der Waals surface area contributed by atoms with Gasteiger partial charge in [0, 0.05) is 11.3 Å². The summed E-state index contributed by atoms with van der Waals surface area (Å²) < 4.78 is 59.7. The predicted octanol–water partition coefficient (Wildman–Crippen LogP) is 5.53. The van der Waals surface area contributed by atoms with Gasteiger partial charge >= 0.3 is 6.18 Å². The van der Waals surface area contributed by atoms with E-state index in [-0.39, 0.29) is 24.3 Å². The summed E-state index contributed by atoms with van der Waals surface area (Å²) in [4.78, 5) is 10.00. The summed E-state index contributed by atoms with van der Waals surface area (Å²) >= 11 is 0. The molecule has 1 aliphatic heterocycles. The fourth-order valence-electron chi connectivity index (χ4n) is 4.17. The zero-order chi connectivity index (χ0) is 22.5. The number of aliphatic imine (C=N–C) groups is 1. The van der Waals surface area contributed by atoms with E-state index in [1.54, 1.807) is 29.2 Å². The van der Waals surface area contributed by atoms with Gasteiger partial charge in [0.25, 0.3) is 6.02 Å². The normalized spacial score (nSPS) is 17.2. The molecule has 0 spiro atoms. The zero-order valence-electron chi connectivity index (χ0n) is 16.7.